The zero-order chi connectivity index (χ0) is 16.4. The van der Waals surface area contributed by atoms with Crippen LogP contribution in [-0.4, -0.2) is 28.9 Å². The predicted molar refractivity (Wildman–Crippen MR) is 86.8 cm³/mol. The molecule has 0 radical (unpaired) electrons. The van der Waals surface area contributed by atoms with Gasteiger partial charge in [0.1, 0.15) is 5.56 Å². The second-order valence-corrected chi connectivity index (χ2v) is 6.01. The molecule has 1 aliphatic rings. The number of aromatic nitrogens is 1. The van der Waals surface area contributed by atoms with Crippen molar-refractivity contribution >= 4 is 5.97 Å². The molecule has 2 heterocycles. The fraction of sp³-hybridized carbons (Fsp3) is 0.333. The van der Waals surface area contributed by atoms with Crippen LogP contribution in [0.15, 0.2) is 41.5 Å². The summed E-state index contributed by atoms with van der Waals surface area (Å²) in [4.78, 5) is 23.9. The van der Waals surface area contributed by atoms with E-state index in [4.69, 9.17) is 4.74 Å². The van der Waals surface area contributed by atoms with Crippen molar-refractivity contribution in [2.75, 3.05) is 13.2 Å². The number of carboxylic acid groups (broad SMARTS) is 1. The van der Waals surface area contributed by atoms with Gasteiger partial charge in [-0.1, -0.05) is 29.8 Å². The fourth-order valence-corrected chi connectivity index (χ4v) is 2.85. The van der Waals surface area contributed by atoms with Crippen molar-refractivity contribution < 1.29 is 14.6 Å². The van der Waals surface area contributed by atoms with E-state index in [0.29, 0.717) is 24.6 Å². The van der Waals surface area contributed by atoms with Crippen LogP contribution >= 0.6 is 0 Å². The molecule has 0 amide bonds. The third kappa shape index (κ3) is 3.35. The molecule has 1 aliphatic heterocycles. The van der Waals surface area contributed by atoms with Gasteiger partial charge in [0.2, 0.25) is 5.43 Å². The highest BCUT2D eigenvalue weighted by Crippen LogP contribution is 2.19. The standard InChI is InChI=1S/C18H19NO4/c1-12-2-4-14(5-3-12)15-9-19(8-13-6-7-23-11-13)10-16(17(15)20)18(21)22/h2-5,9-10,13H,6-8,11H2,1H3,(H,21,22). The minimum Gasteiger partial charge on any atom is -0.477 e. The summed E-state index contributed by atoms with van der Waals surface area (Å²) in [5.74, 6) is -0.842. The maximum Gasteiger partial charge on any atom is 0.341 e. The van der Waals surface area contributed by atoms with Crippen LogP contribution in [0.4, 0.5) is 0 Å². The Morgan fingerprint density at radius 1 is 1.30 bits per heavy atom. The zero-order valence-corrected chi connectivity index (χ0v) is 13.0. The van der Waals surface area contributed by atoms with Crippen LogP contribution in [0.5, 0.6) is 0 Å². The van der Waals surface area contributed by atoms with Crippen molar-refractivity contribution in [3.8, 4) is 11.1 Å². The van der Waals surface area contributed by atoms with E-state index in [0.717, 1.165) is 24.2 Å². The Labute approximate surface area is 134 Å². The topological polar surface area (TPSA) is 68.5 Å². The van der Waals surface area contributed by atoms with Gasteiger partial charge >= 0.3 is 5.97 Å². The maximum atomic E-state index is 12.5. The van der Waals surface area contributed by atoms with E-state index in [2.05, 4.69) is 0 Å². The third-order valence-corrected chi connectivity index (χ3v) is 4.17. The molecule has 5 heteroatoms. The highest BCUT2D eigenvalue weighted by atomic mass is 16.5. The SMILES string of the molecule is Cc1ccc(-c2cn(CC3CCOC3)cc(C(=O)O)c2=O)cc1. The first-order chi connectivity index (χ1) is 11.0. The van der Waals surface area contributed by atoms with E-state index >= 15 is 0 Å². The summed E-state index contributed by atoms with van der Waals surface area (Å²) in [6.07, 6.45) is 4.13. The lowest BCUT2D eigenvalue weighted by Gasteiger charge is -2.14. The normalized spacial score (nSPS) is 17.3. The Balaban J connectivity index is 2.05. The maximum absolute atomic E-state index is 12.5. The monoisotopic (exact) mass is 313 g/mol. The highest BCUT2D eigenvalue weighted by molar-refractivity contribution is 5.88. The van der Waals surface area contributed by atoms with Gasteiger partial charge in [0, 0.05) is 37.0 Å². The van der Waals surface area contributed by atoms with E-state index in [1.807, 2.05) is 31.2 Å². The molecule has 3 rings (SSSR count). The van der Waals surface area contributed by atoms with Crippen LogP contribution < -0.4 is 5.43 Å². The quantitative estimate of drug-likeness (QED) is 0.942. The van der Waals surface area contributed by atoms with Gasteiger partial charge < -0.3 is 14.4 Å². The Kier molecular flexibility index (Phi) is 4.30. The smallest absolute Gasteiger partial charge is 0.341 e. The first-order valence-corrected chi connectivity index (χ1v) is 7.67. The summed E-state index contributed by atoms with van der Waals surface area (Å²) in [6, 6.07) is 7.52. The van der Waals surface area contributed by atoms with Gasteiger partial charge in [-0.25, -0.2) is 4.79 Å². The number of aromatic carboxylic acids is 1. The lowest BCUT2D eigenvalue weighted by Crippen LogP contribution is -2.21. The fourth-order valence-electron chi connectivity index (χ4n) is 2.85. The molecule has 1 saturated heterocycles. The second kappa shape index (κ2) is 6.38. The minimum absolute atomic E-state index is 0.193. The summed E-state index contributed by atoms with van der Waals surface area (Å²) in [7, 11) is 0. The van der Waals surface area contributed by atoms with Crippen LogP contribution in [0.25, 0.3) is 11.1 Å². The average molecular weight is 313 g/mol. The Morgan fingerprint density at radius 3 is 2.65 bits per heavy atom. The van der Waals surface area contributed by atoms with Gasteiger partial charge in [0.15, 0.2) is 0 Å². The van der Waals surface area contributed by atoms with Crippen molar-refractivity contribution in [3.05, 3.63) is 58.0 Å². The number of hydrogen-bond donors (Lipinski definition) is 1. The van der Waals surface area contributed by atoms with Crippen molar-refractivity contribution in [1.29, 1.82) is 0 Å². The van der Waals surface area contributed by atoms with Crippen molar-refractivity contribution in [2.24, 2.45) is 5.92 Å². The van der Waals surface area contributed by atoms with E-state index in [1.165, 1.54) is 6.20 Å². The number of benzene rings is 1. The van der Waals surface area contributed by atoms with Gasteiger partial charge in [0.25, 0.3) is 0 Å². The lowest BCUT2D eigenvalue weighted by atomic mass is 10.0. The molecule has 2 aromatic rings. The zero-order valence-electron chi connectivity index (χ0n) is 13.0. The van der Waals surface area contributed by atoms with Crippen molar-refractivity contribution in [1.82, 2.24) is 4.57 Å². The van der Waals surface area contributed by atoms with E-state index < -0.39 is 11.4 Å². The number of pyridine rings is 1. The predicted octanol–water partition coefficient (Wildman–Crippen LogP) is 2.56. The van der Waals surface area contributed by atoms with E-state index in [1.54, 1.807) is 10.8 Å². The Hall–Kier alpha value is -2.40. The highest BCUT2D eigenvalue weighted by Gasteiger charge is 2.19. The van der Waals surface area contributed by atoms with Gasteiger partial charge in [-0.3, -0.25) is 4.79 Å². The van der Waals surface area contributed by atoms with E-state index in [9.17, 15) is 14.7 Å². The first kappa shape index (κ1) is 15.5. The van der Waals surface area contributed by atoms with Crippen LogP contribution in [0.2, 0.25) is 0 Å². The van der Waals surface area contributed by atoms with Gasteiger partial charge in [-0.05, 0) is 18.9 Å². The van der Waals surface area contributed by atoms with Gasteiger partial charge in [-0.15, -0.1) is 0 Å². The van der Waals surface area contributed by atoms with Crippen molar-refractivity contribution in [2.45, 2.75) is 19.9 Å². The summed E-state index contributed by atoms with van der Waals surface area (Å²) in [6.45, 7) is 4.03. The van der Waals surface area contributed by atoms with Crippen LogP contribution in [0.1, 0.15) is 22.3 Å². The Morgan fingerprint density at radius 2 is 2.04 bits per heavy atom. The molecule has 23 heavy (non-hydrogen) atoms. The summed E-state index contributed by atoms with van der Waals surface area (Å²) in [5, 5.41) is 9.33. The number of carbonyl (C=O) groups is 1. The van der Waals surface area contributed by atoms with Crippen LogP contribution in [0, 0.1) is 12.8 Å². The first-order valence-electron chi connectivity index (χ1n) is 7.67. The molecule has 0 spiro atoms. The van der Waals surface area contributed by atoms with Crippen LogP contribution in [-0.2, 0) is 11.3 Å². The largest absolute Gasteiger partial charge is 0.477 e. The molecule has 5 nitrogen and oxygen atoms in total. The van der Waals surface area contributed by atoms with Crippen LogP contribution in [0.3, 0.4) is 0 Å². The number of hydrogen-bond acceptors (Lipinski definition) is 3. The molecule has 1 N–H and O–H groups in total. The molecule has 0 bridgehead atoms. The number of ether oxygens (including phenoxy) is 1. The molecule has 1 fully saturated rings. The minimum atomic E-state index is -1.19. The summed E-state index contributed by atoms with van der Waals surface area (Å²) < 4.78 is 7.17. The van der Waals surface area contributed by atoms with Gasteiger partial charge in [0.05, 0.1) is 6.61 Å². The average Bonchev–Trinajstić information content (AvgIpc) is 3.02. The number of carboxylic acids is 1. The molecular formula is C18H19NO4. The molecule has 120 valence electrons. The number of rotatable bonds is 4. The molecule has 1 atom stereocenters. The molecule has 1 unspecified atom stereocenters. The van der Waals surface area contributed by atoms with E-state index in [-0.39, 0.29) is 5.56 Å². The molecule has 1 aromatic carbocycles. The third-order valence-electron chi connectivity index (χ3n) is 4.17. The summed E-state index contributed by atoms with van der Waals surface area (Å²) >= 11 is 0. The number of aryl methyl sites for hydroxylation is 1. The van der Waals surface area contributed by atoms with Gasteiger partial charge in [-0.2, -0.15) is 0 Å². The molecular weight excluding hydrogens is 294 g/mol. The van der Waals surface area contributed by atoms with Crippen molar-refractivity contribution in [3.63, 3.8) is 0 Å². The molecule has 1 aromatic heterocycles. The second-order valence-electron chi connectivity index (χ2n) is 6.01. The Bertz CT molecular complexity index is 771. The summed E-state index contributed by atoms with van der Waals surface area (Å²) in [5.41, 5.74) is 1.61. The number of nitrogens with zero attached hydrogens (tertiary/aromatic N) is 1. The molecule has 0 saturated carbocycles. The molecule has 0 aliphatic carbocycles. The lowest BCUT2D eigenvalue weighted by molar-refractivity contribution is 0.0694.